The number of rotatable bonds is 3. The second kappa shape index (κ2) is 5.25. The van der Waals surface area contributed by atoms with Crippen molar-refractivity contribution in [3.05, 3.63) is 23.5 Å². The van der Waals surface area contributed by atoms with Gasteiger partial charge in [0.2, 0.25) is 0 Å². The summed E-state index contributed by atoms with van der Waals surface area (Å²) in [6.07, 6.45) is 7.85. The molecule has 0 saturated heterocycles. The zero-order valence-electron chi connectivity index (χ0n) is 12.8. The molecular weight excluding hydrogens is 266 g/mol. The van der Waals surface area contributed by atoms with Gasteiger partial charge in [-0.1, -0.05) is 27.2 Å². The molecule has 1 saturated carbocycles. The number of carbonyl (C=O) groups excluding carboxylic acids is 1. The monoisotopic (exact) mass is 291 g/mol. The first kappa shape index (κ1) is 14.2. The third-order valence-corrected chi connectivity index (χ3v) is 6.08. The molecule has 2 aliphatic rings. The van der Waals surface area contributed by atoms with Crippen LogP contribution in [0.5, 0.6) is 0 Å². The molecule has 0 amide bonds. The second-order valence-corrected chi connectivity index (χ2v) is 8.53. The lowest BCUT2D eigenvalue weighted by molar-refractivity contribution is 0.0909. The summed E-state index contributed by atoms with van der Waals surface area (Å²) in [6.45, 7) is 6.69. The molecule has 20 heavy (non-hydrogen) atoms. The van der Waals surface area contributed by atoms with Gasteiger partial charge in [-0.2, -0.15) is 11.8 Å². The van der Waals surface area contributed by atoms with Crippen LogP contribution in [0.4, 0.5) is 0 Å². The van der Waals surface area contributed by atoms with E-state index in [4.69, 9.17) is 0 Å². The highest BCUT2D eigenvalue weighted by molar-refractivity contribution is 7.99. The first-order chi connectivity index (χ1) is 9.52. The van der Waals surface area contributed by atoms with Crippen molar-refractivity contribution in [3.63, 3.8) is 0 Å². The van der Waals surface area contributed by atoms with E-state index in [1.807, 2.05) is 0 Å². The Kier molecular flexibility index (Phi) is 3.74. The minimum atomic E-state index is 0.117. The van der Waals surface area contributed by atoms with Crippen molar-refractivity contribution in [1.82, 2.24) is 4.57 Å². The van der Waals surface area contributed by atoms with Gasteiger partial charge in [0.1, 0.15) is 0 Å². The molecule has 1 fully saturated rings. The summed E-state index contributed by atoms with van der Waals surface area (Å²) in [7, 11) is 0. The number of Topliss-reactive ketones (excluding diaryl/α,β-unsaturated/α-hetero) is 1. The highest BCUT2D eigenvalue weighted by Crippen LogP contribution is 2.42. The maximum atomic E-state index is 12.3. The highest BCUT2D eigenvalue weighted by atomic mass is 32.2. The summed E-state index contributed by atoms with van der Waals surface area (Å²) < 4.78 is 2.45. The molecule has 2 atom stereocenters. The summed E-state index contributed by atoms with van der Waals surface area (Å²) >= 11 is 2.09. The topological polar surface area (TPSA) is 22.0 Å². The Balaban J connectivity index is 1.94. The normalized spacial score (nSPS) is 28.6. The molecule has 2 nitrogen and oxygen atoms in total. The van der Waals surface area contributed by atoms with Gasteiger partial charge in [-0.3, -0.25) is 4.79 Å². The van der Waals surface area contributed by atoms with Crippen LogP contribution in [0.25, 0.3) is 0 Å². The zero-order valence-corrected chi connectivity index (χ0v) is 13.6. The lowest BCUT2D eigenvalue weighted by atomic mass is 9.76. The number of hydrogen-bond acceptors (Lipinski definition) is 2. The Morgan fingerprint density at radius 2 is 2.15 bits per heavy atom. The van der Waals surface area contributed by atoms with Crippen LogP contribution in [0.3, 0.4) is 0 Å². The number of hydrogen-bond donors (Lipinski definition) is 0. The molecule has 1 aromatic heterocycles. The molecule has 0 radical (unpaired) electrons. The van der Waals surface area contributed by atoms with Gasteiger partial charge < -0.3 is 4.57 Å². The molecule has 2 unspecified atom stereocenters. The van der Waals surface area contributed by atoms with Crippen LogP contribution in [0.2, 0.25) is 0 Å². The maximum Gasteiger partial charge on any atom is 0.165 e. The first-order valence-electron chi connectivity index (χ1n) is 7.86. The van der Waals surface area contributed by atoms with Gasteiger partial charge in [0.25, 0.3) is 0 Å². The Hall–Kier alpha value is -0.700. The smallest absolute Gasteiger partial charge is 0.165 e. The van der Waals surface area contributed by atoms with E-state index < -0.39 is 0 Å². The van der Waals surface area contributed by atoms with E-state index in [-0.39, 0.29) is 5.41 Å². The Bertz CT molecular complexity index is 517. The van der Waals surface area contributed by atoms with Crippen molar-refractivity contribution in [2.45, 2.75) is 64.2 Å². The summed E-state index contributed by atoms with van der Waals surface area (Å²) in [5.41, 5.74) is 2.42. The van der Waals surface area contributed by atoms with Crippen LogP contribution in [0.15, 0.2) is 12.3 Å². The summed E-state index contributed by atoms with van der Waals surface area (Å²) in [5.74, 6) is 1.53. The molecule has 0 spiro atoms. The zero-order chi connectivity index (χ0) is 14.3. The average Bonchev–Trinajstić information content (AvgIpc) is 2.94. The molecule has 0 N–H and O–H groups in total. The Morgan fingerprint density at radius 1 is 1.35 bits per heavy atom. The van der Waals surface area contributed by atoms with Gasteiger partial charge in [0, 0.05) is 35.2 Å². The SMILES string of the molecule is CCSC1CCCC1n1ccc2c1CC(C)(C)CC2=O. The van der Waals surface area contributed by atoms with E-state index in [9.17, 15) is 4.79 Å². The van der Waals surface area contributed by atoms with Gasteiger partial charge in [0.15, 0.2) is 5.78 Å². The van der Waals surface area contributed by atoms with Gasteiger partial charge in [-0.05, 0) is 36.5 Å². The molecule has 0 aromatic carbocycles. The molecule has 0 aliphatic heterocycles. The van der Waals surface area contributed by atoms with Gasteiger partial charge in [0.05, 0.1) is 0 Å². The lowest BCUT2D eigenvalue weighted by Crippen LogP contribution is -2.29. The molecule has 1 heterocycles. The van der Waals surface area contributed by atoms with Crippen molar-refractivity contribution in [3.8, 4) is 0 Å². The molecule has 3 rings (SSSR count). The number of fused-ring (bicyclic) bond motifs is 1. The quantitative estimate of drug-likeness (QED) is 0.818. The van der Waals surface area contributed by atoms with E-state index in [1.165, 1.54) is 30.7 Å². The molecule has 0 bridgehead atoms. The van der Waals surface area contributed by atoms with Crippen LogP contribution < -0.4 is 0 Å². The van der Waals surface area contributed by atoms with E-state index >= 15 is 0 Å². The van der Waals surface area contributed by atoms with E-state index in [2.05, 4.69) is 49.4 Å². The second-order valence-electron chi connectivity index (χ2n) is 7.02. The predicted octanol–water partition coefficient (Wildman–Crippen LogP) is 4.49. The number of nitrogens with zero attached hydrogens (tertiary/aromatic N) is 1. The molecule has 3 heteroatoms. The Morgan fingerprint density at radius 3 is 2.90 bits per heavy atom. The van der Waals surface area contributed by atoms with Crippen molar-refractivity contribution in [2.24, 2.45) is 5.41 Å². The lowest BCUT2D eigenvalue weighted by Gasteiger charge is -2.32. The number of aromatic nitrogens is 1. The maximum absolute atomic E-state index is 12.3. The van der Waals surface area contributed by atoms with Crippen LogP contribution in [-0.4, -0.2) is 21.4 Å². The minimum absolute atomic E-state index is 0.117. The standard InChI is InChI=1S/C17H25NOS/c1-4-20-16-7-5-6-13(16)18-9-8-12-14(18)10-17(2,3)11-15(12)19/h8-9,13,16H,4-7,10-11H2,1-3H3. The van der Waals surface area contributed by atoms with E-state index in [0.717, 1.165) is 17.2 Å². The van der Waals surface area contributed by atoms with Crippen LogP contribution in [0, 0.1) is 5.41 Å². The predicted molar refractivity (Wildman–Crippen MR) is 85.7 cm³/mol. The molecule has 110 valence electrons. The minimum Gasteiger partial charge on any atom is -0.347 e. The fraction of sp³-hybridized carbons (Fsp3) is 0.706. The fourth-order valence-corrected chi connectivity index (χ4v) is 5.16. The van der Waals surface area contributed by atoms with Crippen molar-refractivity contribution < 1.29 is 4.79 Å². The van der Waals surface area contributed by atoms with Gasteiger partial charge >= 0.3 is 0 Å². The fourth-order valence-electron chi connectivity index (χ4n) is 3.91. The van der Waals surface area contributed by atoms with Crippen molar-refractivity contribution in [2.75, 3.05) is 5.75 Å². The summed E-state index contributed by atoms with van der Waals surface area (Å²) in [5, 5.41) is 0.733. The van der Waals surface area contributed by atoms with Crippen LogP contribution in [-0.2, 0) is 6.42 Å². The van der Waals surface area contributed by atoms with E-state index in [1.54, 1.807) is 0 Å². The van der Waals surface area contributed by atoms with Crippen molar-refractivity contribution >= 4 is 17.5 Å². The molecule has 1 aromatic rings. The highest BCUT2D eigenvalue weighted by Gasteiger charge is 2.36. The number of thioether (sulfide) groups is 1. The number of carbonyl (C=O) groups is 1. The van der Waals surface area contributed by atoms with Gasteiger partial charge in [-0.15, -0.1) is 0 Å². The molecular formula is C17H25NOS. The first-order valence-corrected chi connectivity index (χ1v) is 8.91. The van der Waals surface area contributed by atoms with E-state index in [0.29, 0.717) is 18.2 Å². The third kappa shape index (κ3) is 2.45. The van der Waals surface area contributed by atoms with Crippen LogP contribution >= 0.6 is 11.8 Å². The van der Waals surface area contributed by atoms with Gasteiger partial charge in [-0.25, -0.2) is 0 Å². The third-order valence-electron chi connectivity index (χ3n) is 4.77. The largest absolute Gasteiger partial charge is 0.347 e. The summed E-state index contributed by atoms with van der Waals surface area (Å²) in [6, 6.07) is 2.67. The Labute approximate surface area is 126 Å². The van der Waals surface area contributed by atoms with Crippen LogP contribution in [0.1, 0.15) is 68.5 Å². The molecule has 2 aliphatic carbocycles. The number of ketones is 1. The summed E-state index contributed by atoms with van der Waals surface area (Å²) in [4.78, 5) is 12.3. The average molecular weight is 291 g/mol. The van der Waals surface area contributed by atoms with Crippen molar-refractivity contribution in [1.29, 1.82) is 0 Å².